The maximum Gasteiger partial charge on any atom is 0.227 e. The highest BCUT2D eigenvalue weighted by Gasteiger charge is 2.43. The lowest BCUT2D eigenvalue weighted by Gasteiger charge is -2.32. The zero-order valence-electron chi connectivity index (χ0n) is 23.1. The number of fused-ring (bicyclic) bond motifs is 1. The second-order valence-electron chi connectivity index (χ2n) is 12.0. The Labute approximate surface area is 244 Å². The molecule has 4 aliphatic rings. The summed E-state index contributed by atoms with van der Waals surface area (Å²) in [4.78, 5) is 30.2. The van der Waals surface area contributed by atoms with Crippen LogP contribution < -0.4 is 9.64 Å². The number of anilines is 1. The van der Waals surface area contributed by atoms with Gasteiger partial charge < -0.3 is 19.0 Å². The molecule has 1 amide bonds. The van der Waals surface area contributed by atoms with E-state index in [0.29, 0.717) is 54.3 Å². The first-order valence-corrected chi connectivity index (χ1v) is 15.3. The maximum atomic E-state index is 14.9. The predicted octanol–water partition coefficient (Wildman–Crippen LogP) is 5.58. The molecule has 0 radical (unpaired) electrons. The topological polar surface area (TPSA) is 84.6 Å². The molecule has 8 nitrogen and oxygen atoms in total. The quantitative estimate of drug-likeness (QED) is 0.327. The zero-order chi connectivity index (χ0) is 27.9. The van der Waals surface area contributed by atoms with Crippen LogP contribution in [0.5, 0.6) is 5.75 Å². The molecule has 0 unspecified atom stereocenters. The number of piperidine rings is 1. The molecule has 1 aromatic carbocycles. The first kappa shape index (κ1) is 26.7. The van der Waals surface area contributed by atoms with Crippen LogP contribution in [0, 0.1) is 23.6 Å². The van der Waals surface area contributed by atoms with Gasteiger partial charge in [0.15, 0.2) is 5.89 Å². The monoisotopic (exact) mass is 579 g/mol. The lowest BCUT2D eigenvalue weighted by Crippen LogP contribution is -2.36. The minimum absolute atomic E-state index is 0.0256. The molecule has 2 aromatic heterocycles. The SMILES string of the molecule is O=C(Cc1ccc(OCC[C@@H]2C[C@@H]2C2CCN(c3ncc(Cl)cn3)CC2)cc1F)N1CCc2nc(C3CC3)oc2C1. The van der Waals surface area contributed by atoms with E-state index in [-0.39, 0.29) is 12.3 Å². The number of amides is 1. The van der Waals surface area contributed by atoms with Crippen molar-refractivity contribution < 1.29 is 18.3 Å². The molecule has 0 bridgehead atoms. The van der Waals surface area contributed by atoms with Gasteiger partial charge in [-0.1, -0.05) is 17.7 Å². The Balaban J connectivity index is 0.840. The minimum atomic E-state index is -0.398. The van der Waals surface area contributed by atoms with E-state index in [1.54, 1.807) is 29.4 Å². The van der Waals surface area contributed by atoms with Crippen LogP contribution >= 0.6 is 11.6 Å². The number of oxazole rings is 1. The number of hydrogen-bond donors (Lipinski definition) is 0. The van der Waals surface area contributed by atoms with Gasteiger partial charge in [0, 0.05) is 38.0 Å². The maximum absolute atomic E-state index is 14.9. The van der Waals surface area contributed by atoms with Gasteiger partial charge in [0.25, 0.3) is 0 Å². The molecule has 216 valence electrons. The van der Waals surface area contributed by atoms with Crippen molar-refractivity contribution in [3.63, 3.8) is 0 Å². The van der Waals surface area contributed by atoms with Crippen LogP contribution in [0.15, 0.2) is 35.0 Å². The number of carbonyl (C=O) groups is 1. The Kier molecular flexibility index (Phi) is 7.31. The predicted molar refractivity (Wildman–Crippen MR) is 151 cm³/mol. The van der Waals surface area contributed by atoms with Gasteiger partial charge in [0.1, 0.15) is 17.3 Å². The number of ether oxygens (including phenoxy) is 1. The molecule has 2 atom stereocenters. The van der Waals surface area contributed by atoms with Gasteiger partial charge in [-0.15, -0.1) is 0 Å². The molecule has 10 heteroatoms. The Morgan fingerprint density at radius 2 is 1.93 bits per heavy atom. The standard InChI is InChI=1S/C31H35ClFN5O3/c32-23-16-34-31(35-17-23)37-9-5-19(6-10-37)25-13-21(25)8-12-40-24-4-3-22(26(33)15-24)14-29(39)38-11-7-27-28(18-38)41-30(36-27)20-1-2-20/h3-4,15-17,19-21,25H,1-2,5-14,18H2/t21-,25-/m1/s1. The fourth-order valence-corrected chi connectivity index (χ4v) is 6.57. The number of benzene rings is 1. The van der Waals surface area contributed by atoms with E-state index in [2.05, 4.69) is 19.9 Å². The number of nitrogens with zero attached hydrogens (tertiary/aromatic N) is 5. The Hall–Kier alpha value is -3.20. The third kappa shape index (κ3) is 6.05. The highest BCUT2D eigenvalue weighted by atomic mass is 35.5. The van der Waals surface area contributed by atoms with Crippen molar-refractivity contribution in [3.8, 4) is 5.75 Å². The van der Waals surface area contributed by atoms with Crippen molar-refractivity contribution in [1.29, 1.82) is 0 Å². The second-order valence-corrected chi connectivity index (χ2v) is 12.5. The van der Waals surface area contributed by atoms with Gasteiger partial charge >= 0.3 is 0 Å². The first-order chi connectivity index (χ1) is 20.0. The van der Waals surface area contributed by atoms with E-state index in [9.17, 15) is 9.18 Å². The molecule has 3 aromatic rings. The fourth-order valence-electron chi connectivity index (χ4n) is 6.47. The molecule has 4 heterocycles. The van der Waals surface area contributed by atoms with Crippen molar-refractivity contribution in [2.45, 2.75) is 63.8 Å². The van der Waals surface area contributed by atoms with E-state index >= 15 is 0 Å². The first-order valence-electron chi connectivity index (χ1n) is 14.9. The van der Waals surface area contributed by atoms with Crippen LogP contribution in [0.4, 0.5) is 10.3 Å². The fraction of sp³-hybridized carbons (Fsp3) is 0.548. The molecule has 41 heavy (non-hydrogen) atoms. The van der Waals surface area contributed by atoms with Crippen LogP contribution in [0.1, 0.15) is 67.4 Å². The van der Waals surface area contributed by atoms with E-state index in [1.165, 1.54) is 12.5 Å². The Morgan fingerprint density at radius 1 is 1.12 bits per heavy atom. The van der Waals surface area contributed by atoms with Gasteiger partial charge in [-0.25, -0.2) is 19.3 Å². The summed E-state index contributed by atoms with van der Waals surface area (Å²) in [5.41, 5.74) is 1.36. The third-order valence-electron chi connectivity index (χ3n) is 9.16. The normalized spacial score (nSPS) is 22.5. The number of hydrogen-bond acceptors (Lipinski definition) is 7. The lowest BCUT2D eigenvalue weighted by atomic mass is 9.90. The summed E-state index contributed by atoms with van der Waals surface area (Å²) in [5.74, 6) is 4.98. The van der Waals surface area contributed by atoms with Gasteiger partial charge in [0.05, 0.1) is 42.7 Å². The van der Waals surface area contributed by atoms with Crippen LogP contribution in [0.25, 0.3) is 0 Å². The van der Waals surface area contributed by atoms with Gasteiger partial charge in [-0.3, -0.25) is 4.79 Å². The van der Waals surface area contributed by atoms with Crippen LogP contribution in [-0.2, 0) is 24.2 Å². The molecule has 7 rings (SSSR count). The van der Waals surface area contributed by atoms with Gasteiger partial charge in [-0.05, 0) is 67.9 Å². The van der Waals surface area contributed by atoms with Crippen molar-refractivity contribution in [1.82, 2.24) is 19.9 Å². The van der Waals surface area contributed by atoms with Crippen molar-refractivity contribution in [3.05, 3.63) is 64.3 Å². The van der Waals surface area contributed by atoms with E-state index in [4.69, 9.17) is 20.8 Å². The molecule has 2 aliphatic heterocycles. The number of carbonyl (C=O) groups excluding carboxylic acids is 1. The summed E-state index contributed by atoms with van der Waals surface area (Å²) in [6.07, 6.45) is 10.8. The van der Waals surface area contributed by atoms with E-state index < -0.39 is 5.82 Å². The van der Waals surface area contributed by atoms with Crippen molar-refractivity contribution in [2.75, 3.05) is 31.1 Å². The second kappa shape index (κ2) is 11.2. The van der Waals surface area contributed by atoms with Gasteiger partial charge in [0.2, 0.25) is 11.9 Å². The average Bonchev–Trinajstić information content (AvgIpc) is 3.92. The molecule has 0 N–H and O–H groups in total. The molecule has 2 aliphatic carbocycles. The Morgan fingerprint density at radius 3 is 2.68 bits per heavy atom. The highest BCUT2D eigenvalue weighted by molar-refractivity contribution is 6.30. The number of aromatic nitrogens is 3. The van der Waals surface area contributed by atoms with Crippen molar-refractivity contribution in [2.24, 2.45) is 17.8 Å². The summed E-state index contributed by atoms with van der Waals surface area (Å²) >= 11 is 5.91. The molecule has 3 fully saturated rings. The summed E-state index contributed by atoms with van der Waals surface area (Å²) in [6, 6.07) is 4.86. The summed E-state index contributed by atoms with van der Waals surface area (Å²) < 4.78 is 26.7. The summed E-state index contributed by atoms with van der Waals surface area (Å²) in [5, 5.41) is 0.558. The Bertz CT molecular complexity index is 1400. The van der Waals surface area contributed by atoms with E-state index in [0.717, 1.165) is 80.3 Å². The van der Waals surface area contributed by atoms with Crippen LogP contribution in [-0.4, -0.2) is 52.0 Å². The molecule has 2 saturated carbocycles. The molecular weight excluding hydrogens is 545 g/mol. The number of halogens is 2. The largest absolute Gasteiger partial charge is 0.493 e. The summed E-state index contributed by atoms with van der Waals surface area (Å²) in [7, 11) is 0. The lowest BCUT2D eigenvalue weighted by molar-refractivity contribution is -0.131. The smallest absolute Gasteiger partial charge is 0.227 e. The molecule has 0 spiro atoms. The van der Waals surface area contributed by atoms with Crippen LogP contribution in [0.3, 0.4) is 0 Å². The van der Waals surface area contributed by atoms with Crippen LogP contribution in [0.2, 0.25) is 5.02 Å². The molecular formula is C31H35ClFN5O3. The molecule has 1 saturated heterocycles. The third-order valence-corrected chi connectivity index (χ3v) is 9.36. The zero-order valence-corrected chi connectivity index (χ0v) is 23.9. The summed E-state index contributed by atoms with van der Waals surface area (Å²) in [6.45, 7) is 3.52. The average molecular weight is 580 g/mol. The minimum Gasteiger partial charge on any atom is -0.493 e. The van der Waals surface area contributed by atoms with E-state index in [1.807, 2.05) is 0 Å². The van der Waals surface area contributed by atoms with Crippen molar-refractivity contribution >= 4 is 23.5 Å². The number of rotatable bonds is 9. The van der Waals surface area contributed by atoms with Gasteiger partial charge in [-0.2, -0.15) is 0 Å². The highest BCUT2D eigenvalue weighted by Crippen LogP contribution is 2.50.